The van der Waals surface area contributed by atoms with Gasteiger partial charge in [-0.3, -0.25) is 0 Å². The molecule has 0 aliphatic rings. The maximum Gasteiger partial charge on any atom is 0.273 e. The summed E-state index contributed by atoms with van der Waals surface area (Å²) in [4.78, 5) is 8.22. The molecule has 0 unspecified atom stereocenters. The monoisotopic (exact) mass is 547 g/mol. The molecule has 0 aliphatic carbocycles. The van der Waals surface area contributed by atoms with Crippen LogP contribution < -0.4 is 5.73 Å². The van der Waals surface area contributed by atoms with E-state index in [1.54, 1.807) is 47.1 Å². The Labute approximate surface area is 228 Å². The molecule has 2 aromatic carbocycles. The molecular weight excluding hydrogens is 522 g/mol. The minimum Gasteiger partial charge on any atom is -0.508 e. The molecule has 6 rings (SSSR count). The third-order valence-electron chi connectivity index (χ3n) is 5.56. The Morgan fingerprint density at radius 3 is 1.62 bits per heavy atom. The van der Waals surface area contributed by atoms with E-state index < -0.39 is 0 Å². The highest BCUT2D eigenvalue weighted by Gasteiger charge is 2.12. The highest BCUT2D eigenvalue weighted by molar-refractivity contribution is 6.30. The zero-order chi connectivity index (χ0) is 26.8. The fourth-order valence-electron chi connectivity index (χ4n) is 3.51. The van der Waals surface area contributed by atoms with E-state index in [-0.39, 0.29) is 18.9 Å². The number of fused-ring (bicyclic) bond motifs is 2. The van der Waals surface area contributed by atoms with Gasteiger partial charge in [0.2, 0.25) is 0 Å². The number of nitrogens with two attached hydrogens (primary N) is 1. The number of hydrogen-bond acceptors (Lipinski definition) is 11. The lowest BCUT2D eigenvalue weighted by Gasteiger charge is -2.02. The molecule has 0 aliphatic heterocycles. The molecule has 4 aromatic heterocycles. The van der Waals surface area contributed by atoms with E-state index in [0.717, 1.165) is 11.1 Å². The smallest absolute Gasteiger partial charge is 0.273 e. The number of anilines is 1. The van der Waals surface area contributed by atoms with E-state index in [2.05, 4.69) is 40.6 Å². The molecule has 14 heteroatoms. The highest BCUT2D eigenvalue weighted by Crippen LogP contribution is 2.16. The van der Waals surface area contributed by atoms with Gasteiger partial charge in [0.15, 0.2) is 22.6 Å². The normalized spacial score (nSPS) is 10.7. The lowest BCUT2D eigenvalue weighted by atomic mass is 10.1. The predicted molar refractivity (Wildman–Crippen MR) is 145 cm³/mol. The molecule has 0 bridgehead atoms. The van der Waals surface area contributed by atoms with Crippen LogP contribution in [-0.4, -0.2) is 59.8 Å². The van der Waals surface area contributed by atoms with Crippen LogP contribution >= 0.6 is 11.6 Å². The van der Waals surface area contributed by atoms with Crippen LogP contribution in [0.25, 0.3) is 11.6 Å². The first-order chi connectivity index (χ1) is 18.3. The van der Waals surface area contributed by atoms with Crippen molar-refractivity contribution in [3.05, 3.63) is 87.8 Å². The summed E-state index contributed by atoms with van der Waals surface area (Å²) in [6.07, 6.45) is 1.11. The van der Waals surface area contributed by atoms with Crippen molar-refractivity contribution < 1.29 is 10.2 Å². The van der Waals surface area contributed by atoms with E-state index >= 15 is 0 Å². The second kappa shape index (κ2) is 11.2. The number of aryl methyl sites for hydroxylation is 2. The quantitative estimate of drug-likeness (QED) is 0.295. The van der Waals surface area contributed by atoms with Crippen molar-refractivity contribution in [1.82, 2.24) is 49.6 Å². The largest absolute Gasteiger partial charge is 0.508 e. The van der Waals surface area contributed by atoms with Crippen LogP contribution in [-0.2, 0) is 12.8 Å². The number of benzene rings is 2. The molecule has 13 nitrogen and oxygen atoms in total. The summed E-state index contributed by atoms with van der Waals surface area (Å²) in [5.74, 6) is 2.94. The molecule has 0 amide bonds. The van der Waals surface area contributed by atoms with Crippen LogP contribution in [0.4, 0.5) is 5.82 Å². The molecule has 0 radical (unpaired) electrons. The summed E-state index contributed by atoms with van der Waals surface area (Å²) >= 11 is 5.89. The molecule has 6 aromatic rings. The van der Waals surface area contributed by atoms with Crippen LogP contribution in [0.1, 0.15) is 41.6 Å². The molecule has 0 fully saturated rings. The number of phenolic OH excluding ortho intramolecular Hbond substituents is 2. The van der Waals surface area contributed by atoms with Gasteiger partial charge in [-0.1, -0.05) is 43.3 Å². The summed E-state index contributed by atoms with van der Waals surface area (Å²) in [6, 6.07) is 13.8. The average Bonchev–Trinajstić information content (AvgIpc) is 3.46. The van der Waals surface area contributed by atoms with Crippen LogP contribution in [0, 0.1) is 13.8 Å². The van der Waals surface area contributed by atoms with Gasteiger partial charge < -0.3 is 15.9 Å². The maximum absolute atomic E-state index is 9.25. The molecule has 4 N–H and O–H groups in total. The summed E-state index contributed by atoms with van der Waals surface area (Å²) in [6.45, 7) is 3.56. The SMILES string of the molecule is C.Cc1nn2c(Cc3ccc(O)cc3)nnc2nc1Cl.Cc1nn2c(Cc3ccc(O)cc3)nnc2nc1N. The fraction of sp³-hybridized carbons (Fsp3) is 0.200. The van der Waals surface area contributed by atoms with Crippen molar-refractivity contribution in [3.8, 4) is 11.5 Å². The highest BCUT2D eigenvalue weighted by atomic mass is 35.5. The Kier molecular flexibility index (Phi) is 7.81. The van der Waals surface area contributed by atoms with Gasteiger partial charge in [0.05, 0.1) is 5.69 Å². The van der Waals surface area contributed by atoms with E-state index in [0.29, 0.717) is 58.4 Å². The zero-order valence-electron chi connectivity index (χ0n) is 20.4. The van der Waals surface area contributed by atoms with Crippen LogP contribution in [0.2, 0.25) is 5.15 Å². The Morgan fingerprint density at radius 2 is 1.13 bits per heavy atom. The number of aromatic hydroxyl groups is 2. The first-order valence-electron chi connectivity index (χ1n) is 11.4. The topological polar surface area (TPSA) is 178 Å². The van der Waals surface area contributed by atoms with E-state index in [9.17, 15) is 10.2 Å². The second-order valence-corrected chi connectivity index (χ2v) is 8.77. The lowest BCUT2D eigenvalue weighted by molar-refractivity contribution is 0.474. The van der Waals surface area contributed by atoms with E-state index in [1.807, 2.05) is 24.3 Å². The summed E-state index contributed by atoms with van der Waals surface area (Å²) < 4.78 is 3.16. The molecular formula is C25H26ClN11O2. The number of aromatic nitrogens is 10. The Bertz CT molecular complexity index is 1600. The minimum absolute atomic E-state index is 0. The summed E-state index contributed by atoms with van der Waals surface area (Å²) in [7, 11) is 0. The van der Waals surface area contributed by atoms with Gasteiger partial charge in [0.1, 0.15) is 17.2 Å². The zero-order valence-corrected chi connectivity index (χ0v) is 21.1. The van der Waals surface area contributed by atoms with E-state index in [1.165, 1.54) is 0 Å². The summed E-state index contributed by atoms with van der Waals surface area (Å²) in [5.41, 5.74) is 8.95. The van der Waals surface area contributed by atoms with Gasteiger partial charge in [-0.15, -0.1) is 20.4 Å². The van der Waals surface area contributed by atoms with Gasteiger partial charge in [0.25, 0.3) is 11.6 Å². The standard InChI is InChI=1S/C12H10ClN5O.C12H12N6O.CH4/c2*1-7-11(13)14-12-16-15-10(18(12)17-7)6-8-2-4-9(19)5-3-8;/h2-5,19H,6H2,1H3;2-5,19H,6H2,1H3,(H2,13,14,16);1H4. The van der Waals surface area contributed by atoms with E-state index in [4.69, 9.17) is 17.3 Å². The van der Waals surface area contributed by atoms with Crippen LogP contribution in [0.3, 0.4) is 0 Å². The van der Waals surface area contributed by atoms with Crippen molar-refractivity contribution >= 4 is 29.0 Å². The Hall–Kier alpha value is -4.91. The molecule has 0 atom stereocenters. The third-order valence-corrected chi connectivity index (χ3v) is 5.92. The number of halogens is 1. The Morgan fingerprint density at radius 1 is 0.692 bits per heavy atom. The number of phenols is 2. The van der Waals surface area contributed by atoms with Crippen molar-refractivity contribution in [2.75, 3.05) is 5.73 Å². The average molecular weight is 548 g/mol. The van der Waals surface area contributed by atoms with Gasteiger partial charge in [-0.2, -0.15) is 29.2 Å². The first-order valence-corrected chi connectivity index (χ1v) is 11.8. The molecule has 0 saturated carbocycles. The molecule has 200 valence electrons. The number of hydrogen-bond donors (Lipinski definition) is 3. The van der Waals surface area contributed by atoms with Gasteiger partial charge >= 0.3 is 0 Å². The maximum atomic E-state index is 9.25. The van der Waals surface area contributed by atoms with Crippen molar-refractivity contribution in [3.63, 3.8) is 0 Å². The van der Waals surface area contributed by atoms with Gasteiger partial charge in [0, 0.05) is 12.8 Å². The number of rotatable bonds is 4. The van der Waals surface area contributed by atoms with Crippen molar-refractivity contribution in [2.45, 2.75) is 34.1 Å². The molecule has 0 saturated heterocycles. The van der Waals surface area contributed by atoms with Gasteiger partial charge in [-0.25, -0.2) is 0 Å². The fourth-order valence-corrected chi connectivity index (χ4v) is 3.63. The van der Waals surface area contributed by atoms with Crippen molar-refractivity contribution in [1.29, 1.82) is 0 Å². The number of nitrogens with zero attached hydrogens (tertiary/aromatic N) is 10. The predicted octanol–water partition coefficient (Wildman–Crippen LogP) is 3.12. The van der Waals surface area contributed by atoms with Crippen LogP contribution in [0.15, 0.2) is 48.5 Å². The van der Waals surface area contributed by atoms with Gasteiger partial charge in [-0.05, 0) is 49.2 Å². The lowest BCUT2D eigenvalue weighted by Crippen LogP contribution is -2.06. The van der Waals surface area contributed by atoms with Crippen LogP contribution in [0.5, 0.6) is 11.5 Å². The molecule has 4 heterocycles. The minimum atomic E-state index is 0. The number of nitrogen functional groups attached to an aromatic ring is 1. The molecule has 39 heavy (non-hydrogen) atoms. The Balaban J connectivity index is 0.000000176. The van der Waals surface area contributed by atoms with Crippen molar-refractivity contribution in [2.24, 2.45) is 0 Å². The summed E-state index contributed by atoms with van der Waals surface area (Å²) in [5, 5.41) is 43.4. The third kappa shape index (κ3) is 5.99. The molecule has 0 spiro atoms. The first kappa shape index (κ1) is 27.1. The second-order valence-electron chi connectivity index (χ2n) is 8.41.